The van der Waals surface area contributed by atoms with Crippen LogP contribution in [0.4, 0.5) is 5.69 Å². The van der Waals surface area contributed by atoms with Crippen molar-refractivity contribution in [2.75, 3.05) is 18.1 Å². The quantitative estimate of drug-likeness (QED) is 0.846. The Kier molecular flexibility index (Phi) is 4.18. The van der Waals surface area contributed by atoms with Crippen LogP contribution >= 0.6 is 0 Å². The average molecular weight is 350 g/mol. The zero-order valence-corrected chi connectivity index (χ0v) is 14.2. The van der Waals surface area contributed by atoms with Crippen molar-refractivity contribution in [3.63, 3.8) is 0 Å². The van der Waals surface area contributed by atoms with Crippen LogP contribution in [0.5, 0.6) is 0 Å². The zero-order valence-electron chi connectivity index (χ0n) is 13.4. The summed E-state index contributed by atoms with van der Waals surface area (Å²) in [7, 11) is -3.42. The number of sulfonamides is 1. The molecule has 7 nitrogen and oxygen atoms in total. The predicted molar refractivity (Wildman–Crippen MR) is 90.4 cm³/mol. The van der Waals surface area contributed by atoms with Crippen molar-refractivity contribution in [1.29, 1.82) is 0 Å². The number of nitrogens with one attached hydrogen (secondary N) is 1. The van der Waals surface area contributed by atoms with Crippen LogP contribution in [0.15, 0.2) is 33.5 Å². The number of carbonyl (C=O) groups excluding carboxylic acids is 1. The van der Waals surface area contributed by atoms with Gasteiger partial charge in [0.15, 0.2) is 0 Å². The molecule has 1 aliphatic heterocycles. The van der Waals surface area contributed by atoms with Gasteiger partial charge in [-0.15, -0.1) is 0 Å². The number of hydrogen-bond donors (Lipinski definition) is 1. The number of carbonyl (C=O) groups is 1. The summed E-state index contributed by atoms with van der Waals surface area (Å²) >= 11 is 0. The van der Waals surface area contributed by atoms with Gasteiger partial charge in [-0.2, -0.15) is 4.31 Å². The third-order valence-corrected chi connectivity index (χ3v) is 5.44. The lowest BCUT2D eigenvalue weighted by Crippen LogP contribution is -2.42. The highest BCUT2D eigenvalue weighted by atomic mass is 32.2. The predicted octanol–water partition coefficient (Wildman–Crippen LogP) is 1.46. The van der Waals surface area contributed by atoms with E-state index in [9.17, 15) is 18.0 Å². The molecule has 1 unspecified atom stereocenters. The largest absolute Gasteiger partial charge is 0.423 e. The Hall–Kier alpha value is -2.19. The Morgan fingerprint density at radius 3 is 2.79 bits per heavy atom. The van der Waals surface area contributed by atoms with Crippen LogP contribution in [0, 0.1) is 6.92 Å². The molecule has 2 aromatic rings. The average Bonchev–Trinajstić information content (AvgIpc) is 2.96. The summed E-state index contributed by atoms with van der Waals surface area (Å²) in [4.78, 5) is 23.9. The van der Waals surface area contributed by atoms with Crippen LogP contribution in [0.1, 0.15) is 18.4 Å². The number of fused-ring (bicyclic) bond motifs is 1. The van der Waals surface area contributed by atoms with Crippen molar-refractivity contribution < 1.29 is 17.6 Å². The van der Waals surface area contributed by atoms with Crippen LogP contribution in [-0.4, -0.2) is 37.5 Å². The van der Waals surface area contributed by atoms with E-state index >= 15 is 0 Å². The Morgan fingerprint density at radius 1 is 1.33 bits per heavy atom. The summed E-state index contributed by atoms with van der Waals surface area (Å²) in [6, 6.07) is 5.73. The fourth-order valence-electron chi connectivity index (χ4n) is 3.03. The topological polar surface area (TPSA) is 96.7 Å². The monoisotopic (exact) mass is 350 g/mol. The zero-order chi connectivity index (χ0) is 17.5. The number of aryl methyl sites for hydroxylation is 1. The summed E-state index contributed by atoms with van der Waals surface area (Å²) in [6.07, 6.45) is 2.24. The van der Waals surface area contributed by atoms with Gasteiger partial charge in [0.25, 0.3) is 0 Å². The van der Waals surface area contributed by atoms with Crippen molar-refractivity contribution >= 4 is 32.6 Å². The Balaban J connectivity index is 1.87. The summed E-state index contributed by atoms with van der Waals surface area (Å²) in [6.45, 7) is 2.16. The highest BCUT2D eigenvalue weighted by Crippen LogP contribution is 2.24. The number of anilines is 1. The summed E-state index contributed by atoms with van der Waals surface area (Å²) in [5, 5.41) is 3.49. The molecule has 3 rings (SSSR count). The molecule has 24 heavy (non-hydrogen) atoms. The fraction of sp³-hybridized carbons (Fsp3) is 0.375. The van der Waals surface area contributed by atoms with E-state index in [1.807, 2.05) is 0 Å². The van der Waals surface area contributed by atoms with Gasteiger partial charge in [-0.25, -0.2) is 13.2 Å². The first kappa shape index (κ1) is 16.7. The molecular formula is C16H18N2O5S. The molecule has 1 N–H and O–H groups in total. The minimum absolute atomic E-state index is 0.350. The molecule has 1 aromatic carbocycles. The van der Waals surface area contributed by atoms with Crippen molar-refractivity contribution in [2.45, 2.75) is 25.8 Å². The van der Waals surface area contributed by atoms with E-state index in [0.29, 0.717) is 30.7 Å². The van der Waals surface area contributed by atoms with Crippen molar-refractivity contribution in [3.05, 3.63) is 40.2 Å². The maximum atomic E-state index is 12.4. The van der Waals surface area contributed by atoms with E-state index in [2.05, 4.69) is 5.32 Å². The molecule has 128 valence electrons. The van der Waals surface area contributed by atoms with Gasteiger partial charge in [-0.05, 0) is 37.5 Å². The first-order valence-corrected chi connectivity index (χ1v) is 9.43. The van der Waals surface area contributed by atoms with E-state index < -0.39 is 21.7 Å². The molecule has 0 bridgehead atoms. The van der Waals surface area contributed by atoms with E-state index in [1.54, 1.807) is 25.1 Å². The molecule has 2 heterocycles. The lowest BCUT2D eigenvalue weighted by Gasteiger charge is -2.21. The van der Waals surface area contributed by atoms with Crippen molar-refractivity contribution in [2.24, 2.45) is 0 Å². The van der Waals surface area contributed by atoms with Gasteiger partial charge >= 0.3 is 5.63 Å². The second-order valence-corrected chi connectivity index (χ2v) is 7.92. The minimum atomic E-state index is -3.42. The Labute approximate surface area is 139 Å². The van der Waals surface area contributed by atoms with Crippen LogP contribution < -0.4 is 10.9 Å². The summed E-state index contributed by atoms with van der Waals surface area (Å²) in [5.41, 5.74) is 1.17. The van der Waals surface area contributed by atoms with E-state index in [-0.39, 0.29) is 5.91 Å². The molecule has 1 atom stereocenters. The number of nitrogens with zero attached hydrogens (tertiary/aromatic N) is 1. The molecule has 0 spiro atoms. The maximum absolute atomic E-state index is 12.4. The van der Waals surface area contributed by atoms with Gasteiger partial charge in [-0.3, -0.25) is 4.79 Å². The Bertz CT molecular complexity index is 964. The number of benzene rings is 1. The number of rotatable bonds is 3. The minimum Gasteiger partial charge on any atom is -0.423 e. The van der Waals surface area contributed by atoms with Gasteiger partial charge in [0.05, 0.1) is 6.26 Å². The highest BCUT2D eigenvalue weighted by Gasteiger charge is 2.36. The van der Waals surface area contributed by atoms with Gasteiger partial charge < -0.3 is 9.73 Å². The van der Waals surface area contributed by atoms with Crippen molar-refractivity contribution in [3.8, 4) is 0 Å². The first-order chi connectivity index (χ1) is 11.3. The maximum Gasteiger partial charge on any atom is 0.336 e. The molecule has 1 saturated heterocycles. The highest BCUT2D eigenvalue weighted by molar-refractivity contribution is 7.88. The number of hydrogen-bond acceptors (Lipinski definition) is 5. The van der Waals surface area contributed by atoms with Gasteiger partial charge in [0, 0.05) is 29.8 Å². The smallest absolute Gasteiger partial charge is 0.336 e. The van der Waals surface area contributed by atoms with Crippen LogP contribution in [0.3, 0.4) is 0 Å². The van der Waals surface area contributed by atoms with Gasteiger partial charge in [0.2, 0.25) is 15.9 Å². The molecule has 1 fully saturated rings. The molecule has 0 saturated carbocycles. The molecule has 1 amide bonds. The second kappa shape index (κ2) is 6.03. The fourth-order valence-corrected chi connectivity index (χ4v) is 4.15. The van der Waals surface area contributed by atoms with E-state index in [1.165, 1.54) is 10.4 Å². The summed E-state index contributed by atoms with van der Waals surface area (Å²) in [5.74, 6) is -0.382. The normalized spacial score (nSPS) is 18.8. The van der Waals surface area contributed by atoms with Gasteiger partial charge in [-0.1, -0.05) is 0 Å². The molecule has 8 heteroatoms. The molecule has 0 radical (unpaired) electrons. The van der Waals surface area contributed by atoms with Gasteiger partial charge in [0.1, 0.15) is 11.6 Å². The first-order valence-electron chi connectivity index (χ1n) is 7.58. The standard InChI is InChI=1S/C16H18N2O5S/c1-10-8-15(19)23-14-9-11(5-6-12(10)14)17-16(20)13-4-3-7-18(13)24(2,21)22/h5-6,8-9,13H,3-4,7H2,1-2H3,(H,17,20). The second-order valence-electron chi connectivity index (χ2n) is 5.98. The molecule has 0 aliphatic carbocycles. The van der Waals surface area contributed by atoms with Crippen LogP contribution in [0.2, 0.25) is 0 Å². The summed E-state index contributed by atoms with van der Waals surface area (Å²) < 4.78 is 29.9. The Morgan fingerprint density at radius 2 is 2.08 bits per heavy atom. The van der Waals surface area contributed by atoms with Crippen LogP contribution in [0.25, 0.3) is 11.0 Å². The molecular weight excluding hydrogens is 332 g/mol. The third-order valence-electron chi connectivity index (χ3n) is 4.15. The van der Waals surface area contributed by atoms with E-state index in [4.69, 9.17) is 4.42 Å². The molecule has 1 aromatic heterocycles. The number of amides is 1. The lowest BCUT2D eigenvalue weighted by atomic mass is 10.1. The van der Waals surface area contributed by atoms with Crippen LogP contribution in [-0.2, 0) is 14.8 Å². The molecule has 1 aliphatic rings. The SMILES string of the molecule is Cc1cc(=O)oc2cc(NC(=O)C3CCCN3S(C)(=O)=O)ccc12. The third kappa shape index (κ3) is 3.20. The lowest BCUT2D eigenvalue weighted by molar-refractivity contribution is -0.119. The van der Waals surface area contributed by atoms with Crippen molar-refractivity contribution in [1.82, 2.24) is 4.31 Å². The van der Waals surface area contributed by atoms with E-state index in [0.717, 1.165) is 17.2 Å².